The summed E-state index contributed by atoms with van der Waals surface area (Å²) in [5.41, 5.74) is 5.40. The number of nitrogen functional groups attached to an aromatic ring is 1. The molecule has 1 aliphatic heterocycles. The first-order valence-electron chi connectivity index (χ1n) is 6.44. The molecular weight excluding hydrogens is 262 g/mol. The van der Waals surface area contributed by atoms with Crippen molar-refractivity contribution >= 4 is 17.8 Å². The van der Waals surface area contributed by atoms with Crippen molar-refractivity contribution in [2.75, 3.05) is 45.5 Å². The molecule has 0 unspecified atom stereocenters. The number of likely N-dealkylation sites (N-methyl/N-ethyl adjacent to an activating group) is 1. The topological polar surface area (TPSA) is 109 Å². The van der Waals surface area contributed by atoms with Crippen molar-refractivity contribution in [2.24, 2.45) is 0 Å². The van der Waals surface area contributed by atoms with Crippen molar-refractivity contribution in [1.29, 1.82) is 0 Å². The predicted molar refractivity (Wildman–Crippen MR) is 71.5 cm³/mol. The van der Waals surface area contributed by atoms with Crippen LogP contribution in [0.3, 0.4) is 0 Å². The van der Waals surface area contributed by atoms with Crippen molar-refractivity contribution in [2.45, 2.75) is 6.54 Å². The van der Waals surface area contributed by atoms with Crippen LogP contribution >= 0.6 is 0 Å². The third-order valence-corrected chi connectivity index (χ3v) is 3.22. The minimum atomic E-state index is -0.0190. The molecule has 0 saturated carbocycles. The van der Waals surface area contributed by atoms with Crippen LogP contribution in [0.25, 0.3) is 0 Å². The molecule has 9 heteroatoms. The van der Waals surface area contributed by atoms with Gasteiger partial charge in [-0.05, 0) is 0 Å². The normalized spacial score (nSPS) is 16.1. The van der Waals surface area contributed by atoms with Gasteiger partial charge in [-0.25, -0.2) is 9.67 Å². The number of nitrogens with one attached hydrogen (secondary N) is 1. The quantitative estimate of drug-likeness (QED) is 0.645. The van der Waals surface area contributed by atoms with Gasteiger partial charge in [-0.3, -0.25) is 14.5 Å². The molecule has 20 heavy (non-hydrogen) atoms. The molecule has 2 heterocycles. The number of nitrogens with zero attached hydrogens (tertiary/aromatic N) is 5. The molecule has 3 N–H and O–H groups in total. The first kappa shape index (κ1) is 14.3. The number of carbonyl (C=O) groups is 2. The lowest BCUT2D eigenvalue weighted by Crippen LogP contribution is -2.51. The smallest absolute Gasteiger partial charge is 0.244 e. The monoisotopic (exact) mass is 281 g/mol. The predicted octanol–water partition coefficient (Wildman–Crippen LogP) is -2.25. The number of hydrogen-bond donors (Lipinski definition) is 2. The van der Waals surface area contributed by atoms with Gasteiger partial charge in [-0.1, -0.05) is 0 Å². The zero-order valence-corrected chi connectivity index (χ0v) is 11.4. The lowest BCUT2D eigenvalue weighted by Gasteiger charge is -2.34. The molecule has 1 aliphatic rings. The number of piperazine rings is 1. The van der Waals surface area contributed by atoms with Gasteiger partial charge in [-0.2, -0.15) is 0 Å². The second kappa shape index (κ2) is 6.33. The van der Waals surface area contributed by atoms with E-state index in [2.05, 4.69) is 15.4 Å². The molecule has 2 rings (SSSR count). The van der Waals surface area contributed by atoms with Crippen LogP contribution in [0.5, 0.6) is 0 Å². The van der Waals surface area contributed by atoms with E-state index in [-0.39, 0.29) is 24.3 Å². The average molecular weight is 281 g/mol. The fraction of sp³-hybridized carbons (Fsp3) is 0.636. The molecule has 0 aliphatic carbocycles. The van der Waals surface area contributed by atoms with Gasteiger partial charge in [0.2, 0.25) is 17.8 Å². The van der Waals surface area contributed by atoms with E-state index < -0.39 is 0 Å². The number of rotatable bonds is 4. The van der Waals surface area contributed by atoms with E-state index in [9.17, 15) is 9.59 Å². The Bertz CT molecular complexity index is 479. The van der Waals surface area contributed by atoms with Gasteiger partial charge < -0.3 is 16.0 Å². The second-order valence-electron chi connectivity index (χ2n) is 4.63. The summed E-state index contributed by atoms with van der Waals surface area (Å²) in [5.74, 6) is 0.130. The number of hydrogen-bond acceptors (Lipinski definition) is 6. The molecule has 0 spiro atoms. The fourth-order valence-electron chi connectivity index (χ4n) is 2.06. The van der Waals surface area contributed by atoms with Gasteiger partial charge in [0.15, 0.2) is 0 Å². The van der Waals surface area contributed by atoms with Gasteiger partial charge >= 0.3 is 0 Å². The van der Waals surface area contributed by atoms with Crippen molar-refractivity contribution in [1.82, 2.24) is 29.9 Å². The van der Waals surface area contributed by atoms with Gasteiger partial charge in [0.05, 0.1) is 6.54 Å². The number of anilines is 1. The van der Waals surface area contributed by atoms with Crippen molar-refractivity contribution in [3.8, 4) is 0 Å². The maximum absolute atomic E-state index is 12.1. The Balaban J connectivity index is 1.78. The molecule has 1 saturated heterocycles. The molecular formula is C11H19N7O2. The molecule has 1 aromatic rings. The van der Waals surface area contributed by atoms with Crippen LogP contribution in [-0.4, -0.2) is 76.2 Å². The van der Waals surface area contributed by atoms with E-state index in [4.69, 9.17) is 5.73 Å². The van der Waals surface area contributed by atoms with Crippen molar-refractivity contribution in [3.05, 3.63) is 6.33 Å². The number of carbonyl (C=O) groups excluding carboxylic acids is 2. The Morgan fingerprint density at radius 1 is 1.30 bits per heavy atom. The lowest BCUT2D eigenvalue weighted by molar-refractivity contribution is -0.134. The Labute approximate surface area is 116 Å². The summed E-state index contributed by atoms with van der Waals surface area (Å²) >= 11 is 0. The largest absolute Gasteiger partial charge is 0.367 e. The summed E-state index contributed by atoms with van der Waals surface area (Å²) in [7, 11) is 1.62. The minimum absolute atomic E-state index is 0.0112. The molecule has 0 atom stereocenters. The van der Waals surface area contributed by atoms with Crippen LogP contribution in [0.2, 0.25) is 0 Å². The minimum Gasteiger partial charge on any atom is -0.367 e. The highest BCUT2D eigenvalue weighted by Gasteiger charge is 2.22. The van der Waals surface area contributed by atoms with Crippen LogP contribution in [0.15, 0.2) is 6.33 Å². The Morgan fingerprint density at radius 3 is 2.55 bits per heavy atom. The zero-order chi connectivity index (χ0) is 14.5. The van der Waals surface area contributed by atoms with E-state index >= 15 is 0 Å². The molecule has 0 bridgehead atoms. The molecule has 0 aromatic carbocycles. The zero-order valence-electron chi connectivity index (χ0n) is 11.4. The van der Waals surface area contributed by atoms with Crippen LogP contribution in [-0.2, 0) is 16.1 Å². The number of nitrogens with two attached hydrogens (primary N) is 1. The SMILES string of the molecule is CNC(=O)CN1CCN(C(=O)Cn2cnc(N)n2)CC1. The highest BCUT2D eigenvalue weighted by molar-refractivity contribution is 5.78. The molecule has 1 fully saturated rings. The first-order valence-corrected chi connectivity index (χ1v) is 6.44. The summed E-state index contributed by atoms with van der Waals surface area (Å²) in [6, 6.07) is 0. The van der Waals surface area contributed by atoms with E-state index in [1.54, 1.807) is 11.9 Å². The van der Waals surface area contributed by atoms with E-state index in [1.807, 2.05) is 4.90 Å². The highest BCUT2D eigenvalue weighted by atomic mass is 16.2. The average Bonchev–Trinajstić information content (AvgIpc) is 2.84. The van der Waals surface area contributed by atoms with Crippen molar-refractivity contribution < 1.29 is 9.59 Å². The second-order valence-corrected chi connectivity index (χ2v) is 4.63. The Morgan fingerprint density at radius 2 is 2.00 bits per heavy atom. The molecule has 110 valence electrons. The van der Waals surface area contributed by atoms with E-state index in [0.717, 1.165) is 0 Å². The van der Waals surface area contributed by atoms with Crippen LogP contribution in [0.4, 0.5) is 5.95 Å². The Kier molecular flexibility index (Phi) is 4.51. The number of aromatic nitrogens is 3. The summed E-state index contributed by atoms with van der Waals surface area (Å²) in [6.45, 7) is 3.12. The highest BCUT2D eigenvalue weighted by Crippen LogP contribution is 2.03. The summed E-state index contributed by atoms with van der Waals surface area (Å²) in [6.07, 6.45) is 1.44. The number of amides is 2. The fourth-order valence-corrected chi connectivity index (χ4v) is 2.06. The molecule has 0 radical (unpaired) electrons. The molecule has 1 aromatic heterocycles. The standard InChI is InChI=1S/C11H19N7O2/c1-13-9(19)6-16-2-4-17(5-3-16)10(20)7-18-8-14-11(12)15-18/h8H,2-7H2,1H3,(H2,12,15)(H,13,19). The van der Waals surface area contributed by atoms with Gasteiger partial charge in [0.25, 0.3) is 0 Å². The van der Waals surface area contributed by atoms with Crippen LogP contribution in [0.1, 0.15) is 0 Å². The molecule has 2 amide bonds. The van der Waals surface area contributed by atoms with Gasteiger partial charge in [0.1, 0.15) is 12.9 Å². The van der Waals surface area contributed by atoms with Gasteiger partial charge in [0, 0.05) is 33.2 Å². The first-order chi connectivity index (χ1) is 9.58. The molecule has 9 nitrogen and oxygen atoms in total. The third kappa shape index (κ3) is 3.67. The summed E-state index contributed by atoms with van der Waals surface area (Å²) < 4.78 is 1.43. The van der Waals surface area contributed by atoms with E-state index in [1.165, 1.54) is 11.0 Å². The maximum Gasteiger partial charge on any atom is 0.244 e. The maximum atomic E-state index is 12.1. The van der Waals surface area contributed by atoms with Crippen LogP contribution in [0, 0.1) is 0 Å². The van der Waals surface area contributed by atoms with E-state index in [0.29, 0.717) is 32.7 Å². The Hall–Kier alpha value is -2.16. The summed E-state index contributed by atoms with van der Waals surface area (Å²) in [5, 5.41) is 6.47. The van der Waals surface area contributed by atoms with Gasteiger partial charge in [-0.15, -0.1) is 5.10 Å². The van der Waals surface area contributed by atoms with Crippen molar-refractivity contribution in [3.63, 3.8) is 0 Å². The summed E-state index contributed by atoms with van der Waals surface area (Å²) in [4.78, 5) is 30.9. The lowest BCUT2D eigenvalue weighted by atomic mass is 10.3. The third-order valence-electron chi connectivity index (χ3n) is 3.22. The van der Waals surface area contributed by atoms with Crippen LogP contribution < -0.4 is 11.1 Å².